The summed E-state index contributed by atoms with van der Waals surface area (Å²) in [6, 6.07) is 6.32. The van der Waals surface area contributed by atoms with Gasteiger partial charge in [0.15, 0.2) is 0 Å². The molecule has 0 amide bonds. The zero-order valence-electron chi connectivity index (χ0n) is 9.54. The van der Waals surface area contributed by atoms with Crippen LogP contribution in [-0.4, -0.2) is 21.4 Å². The van der Waals surface area contributed by atoms with E-state index in [1.165, 1.54) is 6.07 Å². The van der Waals surface area contributed by atoms with Crippen molar-refractivity contribution in [2.75, 3.05) is 6.61 Å². The first kappa shape index (κ1) is 12.5. The van der Waals surface area contributed by atoms with Crippen molar-refractivity contribution in [3.8, 4) is 5.75 Å². The number of thiocarbonyl (C=S) groups is 1. The van der Waals surface area contributed by atoms with Crippen LogP contribution in [0, 0.1) is 5.82 Å². The molecular weight excluding hydrogens is 253 g/mol. The van der Waals surface area contributed by atoms with Crippen molar-refractivity contribution in [1.82, 2.24) is 9.78 Å². The summed E-state index contributed by atoms with van der Waals surface area (Å²) < 4.78 is 20.7. The number of nitrogens with two attached hydrogens (primary N) is 1. The molecule has 18 heavy (non-hydrogen) atoms. The van der Waals surface area contributed by atoms with Gasteiger partial charge in [-0.25, -0.2) is 4.39 Å². The molecule has 2 aromatic rings. The minimum absolute atomic E-state index is 0.0119. The van der Waals surface area contributed by atoms with Crippen LogP contribution in [0.2, 0.25) is 0 Å². The Morgan fingerprint density at radius 1 is 1.44 bits per heavy atom. The average Bonchev–Trinajstić information content (AvgIpc) is 2.81. The summed E-state index contributed by atoms with van der Waals surface area (Å²) >= 11 is 4.81. The monoisotopic (exact) mass is 265 g/mol. The van der Waals surface area contributed by atoms with E-state index in [2.05, 4.69) is 5.10 Å². The second-order valence-corrected chi connectivity index (χ2v) is 4.03. The van der Waals surface area contributed by atoms with Crippen LogP contribution < -0.4 is 10.5 Å². The molecule has 0 atom stereocenters. The number of hydrogen-bond acceptors (Lipinski definition) is 3. The van der Waals surface area contributed by atoms with E-state index < -0.39 is 5.82 Å². The van der Waals surface area contributed by atoms with E-state index in [-0.39, 0.29) is 10.6 Å². The van der Waals surface area contributed by atoms with E-state index in [0.29, 0.717) is 18.9 Å². The van der Waals surface area contributed by atoms with Gasteiger partial charge >= 0.3 is 0 Å². The molecule has 0 saturated carbocycles. The molecule has 0 aliphatic carbocycles. The summed E-state index contributed by atoms with van der Waals surface area (Å²) in [5, 5.41) is 4.03. The number of halogens is 1. The number of ether oxygens (including phenoxy) is 1. The van der Waals surface area contributed by atoms with E-state index in [4.69, 9.17) is 22.7 Å². The lowest BCUT2D eigenvalue weighted by molar-refractivity contribution is 0.289. The molecule has 0 unspecified atom stereocenters. The van der Waals surface area contributed by atoms with Crippen molar-refractivity contribution in [2.24, 2.45) is 5.73 Å². The maximum atomic E-state index is 13.5. The molecular formula is C12H12FN3OS. The maximum absolute atomic E-state index is 13.5. The Bertz CT molecular complexity index is 542. The molecule has 0 radical (unpaired) electrons. The highest BCUT2D eigenvalue weighted by atomic mass is 32.1. The summed E-state index contributed by atoms with van der Waals surface area (Å²) in [6.07, 6.45) is 3.51. The molecule has 0 saturated heterocycles. The number of aromatic nitrogens is 2. The van der Waals surface area contributed by atoms with Crippen LogP contribution in [-0.2, 0) is 6.54 Å². The molecule has 2 rings (SSSR count). The van der Waals surface area contributed by atoms with Gasteiger partial charge in [0.1, 0.15) is 23.2 Å². The predicted molar refractivity (Wildman–Crippen MR) is 70.0 cm³/mol. The van der Waals surface area contributed by atoms with Gasteiger partial charge in [-0.2, -0.15) is 5.10 Å². The highest BCUT2D eigenvalue weighted by Crippen LogP contribution is 2.21. The van der Waals surface area contributed by atoms with Crippen molar-refractivity contribution < 1.29 is 9.13 Å². The van der Waals surface area contributed by atoms with Gasteiger partial charge in [-0.15, -0.1) is 0 Å². The molecule has 6 heteroatoms. The normalized spacial score (nSPS) is 10.3. The van der Waals surface area contributed by atoms with Crippen LogP contribution >= 0.6 is 12.2 Å². The third-order valence-corrected chi connectivity index (χ3v) is 2.56. The van der Waals surface area contributed by atoms with Crippen molar-refractivity contribution >= 4 is 17.2 Å². The van der Waals surface area contributed by atoms with Gasteiger partial charge < -0.3 is 10.5 Å². The number of rotatable bonds is 5. The number of nitrogens with zero attached hydrogens (tertiary/aromatic N) is 2. The van der Waals surface area contributed by atoms with Crippen molar-refractivity contribution in [2.45, 2.75) is 6.54 Å². The largest absolute Gasteiger partial charge is 0.491 e. The number of hydrogen-bond donors (Lipinski definition) is 1. The summed E-state index contributed by atoms with van der Waals surface area (Å²) in [6.45, 7) is 0.932. The fraction of sp³-hybridized carbons (Fsp3) is 0.167. The molecule has 4 nitrogen and oxygen atoms in total. The summed E-state index contributed by atoms with van der Waals surface area (Å²) in [4.78, 5) is -0.0119. The van der Waals surface area contributed by atoms with Gasteiger partial charge in [-0.05, 0) is 18.2 Å². The molecule has 2 N–H and O–H groups in total. The molecule has 0 aliphatic rings. The van der Waals surface area contributed by atoms with Crippen LogP contribution in [0.15, 0.2) is 36.7 Å². The van der Waals surface area contributed by atoms with Crippen LogP contribution in [0.3, 0.4) is 0 Å². The van der Waals surface area contributed by atoms with Gasteiger partial charge in [0.05, 0.1) is 12.1 Å². The van der Waals surface area contributed by atoms with E-state index >= 15 is 0 Å². The SMILES string of the molecule is NC(=S)c1c(F)cccc1OCCn1cccn1. The Morgan fingerprint density at radius 3 is 2.94 bits per heavy atom. The van der Waals surface area contributed by atoms with Crippen LogP contribution in [0.4, 0.5) is 4.39 Å². The minimum atomic E-state index is -0.473. The Kier molecular flexibility index (Phi) is 3.88. The zero-order valence-corrected chi connectivity index (χ0v) is 10.4. The second kappa shape index (κ2) is 5.59. The topological polar surface area (TPSA) is 53.1 Å². The van der Waals surface area contributed by atoms with Gasteiger partial charge in [0, 0.05) is 12.4 Å². The highest BCUT2D eigenvalue weighted by molar-refractivity contribution is 7.80. The van der Waals surface area contributed by atoms with Crippen LogP contribution in [0.5, 0.6) is 5.75 Å². The maximum Gasteiger partial charge on any atom is 0.137 e. The Labute approximate surface area is 109 Å². The average molecular weight is 265 g/mol. The van der Waals surface area contributed by atoms with Gasteiger partial charge in [-0.3, -0.25) is 4.68 Å². The van der Waals surface area contributed by atoms with E-state index in [1.54, 1.807) is 23.0 Å². The lowest BCUT2D eigenvalue weighted by Crippen LogP contribution is -2.15. The molecule has 0 spiro atoms. The molecule has 0 fully saturated rings. The summed E-state index contributed by atoms with van der Waals surface area (Å²) in [5.41, 5.74) is 5.62. The molecule has 1 aromatic heterocycles. The van der Waals surface area contributed by atoms with Gasteiger partial charge in [0.2, 0.25) is 0 Å². The second-order valence-electron chi connectivity index (χ2n) is 3.59. The van der Waals surface area contributed by atoms with E-state index in [0.717, 1.165) is 0 Å². The van der Waals surface area contributed by atoms with E-state index in [9.17, 15) is 4.39 Å². The smallest absolute Gasteiger partial charge is 0.137 e. The molecule has 94 valence electrons. The molecule has 0 bridgehead atoms. The first-order chi connectivity index (χ1) is 8.68. The molecule has 1 aromatic carbocycles. The molecule has 1 heterocycles. The Morgan fingerprint density at radius 2 is 2.28 bits per heavy atom. The Balaban J connectivity index is 2.05. The molecule has 0 aliphatic heterocycles. The minimum Gasteiger partial charge on any atom is -0.491 e. The van der Waals surface area contributed by atoms with Crippen molar-refractivity contribution in [3.05, 3.63) is 48.0 Å². The quantitative estimate of drug-likeness (QED) is 0.837. The van der Waals surface area contributed by atoms with Gasteiger partial charge in [-0.1, -0.05) is 18.3 Å². The number of benzene rings is 1. The van der Waals surface area contributed by atoms with Crippen molar-refractivity contribution in [3.63, 3.8) is 0 Å². The zero-order chi connectivity index (χ0) is 13.0. The fourth-order valence-electron chi connectivity index (χ4n) is 1.55. The highest BCUT2D eigenvalue weighted by Gasteiger charge is 2.11. The third-order valence-electron chi connectivity index (χ3n) is 2.36. The predicted octanol–water partition coefficient (Wildman–Crippen LogP) is 1.74. The van der Waals surface area contributed by atoms with Crippen LogP contribution in [0.25, 0.3) is 0 Å². The fourth-order valence-corrected chi connectivity index (χ4v) is 1.74. The lowest BCUT2D eigenvalue weighted by Gasteiger charge is -2.11. The first-order valence-corrected chi connectivity index (χ1v) is 5.78. The van der Waals surface area contributed by atoms with Crippen LogP contribution in [0.1, 0.15) is 5.56 Å². The third kappa shape index (κ3) is 2.84. The lowest BCUT2D eigenvalue weighted by atomic mass is 10.2. The van der Waals surface area contributed by atoms with E-state index in [1.807, 2.05) is 12.3 Å². The first-order valence-electron chi connectivity index (χ1n) is 5.37. The Hall–Kier alpha value is -1.95. The summed E-state index contributed by atoms with van der Waals surface area (Å²) in [5.74, 6) is -0.117. The van der Waals surface area contributed by atoms with Gasteiger partial charge in [0.25, 0.3) is 0 Å². The standard InChI is InChI=1S/C12H12FN3OS/c13-9-3-1-4-10(11(9)12(14)18)17-8-7-16-6-2-5-15-16/h1-6H,7-8H2,(H2,14,18). The van der Waals surface area contributed by atoms with Crippen molar-refractivity contribution in [1.29, 1.82) is 0 Å². The summed E-state index contributed by atoms with van der Waals surface area (Å²) in [7, 11) is 0.